The lowest BCUT2D eigenvalue weighted by Gasteiger charge is -2.17. The van der Waals surface area contributed by atoms with E-state index in [1.54, 1.807) is 0 Å². The fourth-order valence-corrected chi connectivity index (χ4v) is 6.79. The first-order chi connectivity index (χ1) is 21.1. The molecule has 2 aromatic heterocycles. The number of hydrogen-bond donors (Lipinski definition) is 0. The van der Waals surface area contributed by atoms with E-state index >= 15 is 0 Å². The van der Waals surface area contributed by atoms with Crippen molar-refractivity contribution in [2.45, 2.75) is 19.0 Å². The average molecular weight is 559 g/mol. The molecule has 0 saturated heterocycles. The van der Waals surface area contributed by atoms with Crippen LogP contribution in [0.4, 0.5) is 0 Å². The van der Waals surface area contributed by atoms with Crippen molar-refractivity contribution in [3.63, 3.8) is 0 Å². The lowest BCUT2D eigenvalue weighted by atomic mass is 9.99. The van der Waals surface area contributed by atoms with Crippen LogP contribution in [0.25, 0.3) is 55.6 Å². The molecular formula is C39H32N3O+. The molecule has 0 saturated carbocycles. The molecule has 4 nitrogen and oxygen atoms in total. The van der Waals surface area contributed by atoms with E-state index in [1.165, 1.54) is 17.0 Å². The number of aromatic nitrogens is 1. The Morgan fingerprint density at radius 2 is 1.37 bits per heavy atom. The Morgan fingerprint density at radius 3 is 2.12 bits per heavy atom. The van der Waals surface area contributed by atoms with E-state index in [1.807, 2.05) is 6.07 Å². The van der Waals surface area contributed by atoms with E-state index in [2.05, 4.69) is 152 Å². The van der Waals surface area contributed by atoms with Gasteiger partial charge in [0.1, 0.15) is 11.1 Å². The molecule has 6 aromatic rings. The zero-order valence-electron chi connectivity index (χ0n) is 24.5. The number of allylic oxidation sites excluding steroid dienone is 2. The summed E-state index contributed by atoms with van der Waals surface area (Å²) in [5.41, 5.74) is 10.5. The van der Waals surface area contributed by atoms with E-state index in [0.29, 0.717) is 12.1 Å². The highest BCUT2D eigenvalue weighted by molar-refractivity contribution is 6.15. The largest absolute Gasteiger partial charge is 0.455 e. The standard InChI is InChI=1S/C39H32N3O/c1-25-18-20-31-30-21-19-28(24-36(30)43-38(31)37(25)39-41(2)34-16-10-11-17-35(34)42(39)3)33-23-29(26-12-6-4-7-13-26)22-32(40-33)27-14-8-5-9-15-27/h4-24,34-35H,1-3H3/q+1. The number of fused-ring (bicyclic) bond motifs is 4. The van der Waals surface area contributed by atoms with Gasteiger partial charge in [0, 0.05) is 21.9 Å². The fourth-order valence-electron chi connectivity index (χ4n) is 6.79. The number of pyridine rings is 1. The van der Waals surface area contributed by atoms with Gasteiger partial charge in [-0.25, -0.2) is 4.98 Å². The lowest BCUT2D eigenvalue weighted by molar-refractivity contribution is -0.517. The SMILES string of the molecule is Cc1ccc2c(oc3cc(-c4cc(-c5ccccc5)cc(-c5ccccc5)n4)ccc32)c1C1=[N+](C)C2C=CC=CC2N1C. The second kappa shape index (κ2) is 9.95. The lowest BCUT2D eigenvalue weighted by Crippen LogP contribution is -2.36. The second-order valence-corrected chi connectivity index (χ2v) is 11.6. The smallest absolute Gasteiger partial charge is 0.284 e. The van der Waals surface area contributed by atoms with Crippen molar-refractivity contribution in [3.05, 3.63) is 139 Å². The van der Waals surface area contributed by atoms with E-state index in [9.17, 15) is 0 Å². The molecule has 0 amide bonds. The van der Waals surface area contributed by atoms with Gasteiger partial charge in [0.2, 0.25) is 0 Å². The molecule has 0 spiro atoms. The highest BCUT2D eigenvalue weighted by atomic mass is 16.3. The van der Waals surface area contributed by atoms with Crippen LogP contribution in [0.1, 0.15) is 11.1 Å². The number of rotatable bonds is 4. The van der Waals surface area contributed by atoms with Crippen LogP contribution in [0.2, 0.25) is 0 Å². The Labute approximate surface area is 251 Å². The molecule has 0 N–H and O–H groups in total. The minimum atomic E-state index is 0.303. The molecule has 1 aliphatic heterocycles. The van der Waals surface area contributed by atoms with Gasteiger partial charge in [-0.2, -0.15) is 0 Å². The average Bonchev–Trinajstić information content (AvgIpc) is 3.55. The fraction of sp³-hybridized carbons (Fsp3) is 0.128. The minimum absolute atomic E-state index is 0.303. The third-order valence-corrected chi connectivity index (χ3v) is 9.01. The zero-order chi connectivity index (χ0) is 29.1. The number of hydrogen-bond acceptors (Lipinski definition) is 3. The first-order valence-electron chi connectivity index (χ1n) is 14.8. The summed E-state index contributed by atoms with van der Waals surface area (Å²) in [5, 5.41) is 2.25. The number of furan rings is 1. The molecule has 2 aliphatic rings. The Kier molecular flexibility index (Phi) is 5.90. The van der Waals surface area contributed by atoms with Gasteiger partial charge < -0.3 is 4.42 Å². The maximum atomic E-state index is 6.78. The van der Waals surface area contributed by atoms with Gasteiger partial charge in [-0.1, -0.05) is 91.0 Å². The van der Waals surface area contributed by atoms with Crippen LogP contribution < -0.4 is 0 Å². The molecule has 4 heteroatoms. The van der Waals surface area contributed by atoms with Gasteiger partial charge in [-0.15, -0.1) is 0 Å². The molecule has 0 bridgehead atoms. The summed E-state index contributed by atoms with van der Waals surface area (Å²) in [6.07, 6.45) is 8.87. The highest BCUT2D eigenvalue weighted by Gasteiger charge is 2.44. The molecule has 2 atom stereocenters. The number of benzene rings is 4. The van der Waals surface area contributed by atoms with Gasteiger partial charge in [-0.3, -0.25) is 9.48 Å². The molecule has 208 valence electrons. The summed E-state index contributed by atoms with van der Waals surface area (Å²) in [6.45, 7) is 2.18. The minimum Gasteiger partial charge on any atom is -0.455 e. The van der Waals surface area contributed by atoms with E-state index in [-0.39, 0.29) is 0 Å². The summed E-state index contributed by atoms with van der Waals surface area (Å²) >= 11 is 0. The highest BCUT2D eigenvalue weighted by Crippen LogP contribution is 2.38. The van der Waals surface area contributed by atoms with Crippen molar-refractivity contribution in [2.75, 3.05) is 14.1 Å². The van der Waals surface area contributed by atoms with Crippen molar-refractivity contribution >= 4 is 27.8 Å². The van der Waals surface area contributed by atoms with E-state index in [0.717, 1.165) is 55.6 Å². The van der Waals surface area contributed by atoms with Gasteiger partial charge in [0.25, 0.3) is 5.84 Å². The van der Waals surface area contributed by atoms with E-state index in [4.69, 9.17) is 9.40 Å². The molecule has 2 unspecified atom stereocenters. The van der Waals surface area contributed by atoms with Crippen molar-refractivity contribution in [1.29, 1.82) is 0 Å². The van der Waals surface area contributed by atoms with Crippen LogP contribution in [-0.4, -0.2) is 46.5 Å². The monoisotopic (exact) mass is 558 g/mol. The van der Waals surface area contributed by atoms with Crippen molar-refractivity contribution in [2.24, 2.45) is 0 Å². The Morgan fingerprint density at radius 1 is 0.698 bits per heavy atom. The summed E-state index contributed by atoms with van der Waals surface area (Å²) < 4.78 is 9.16. The van der Waals surface area contributed by atoms with Crippen molar-refractivity contribution in [3.8, 4) is 33.6 Å². The predicted octanol–water partition coefficient (Wildman–Crippen LogP) is 8.49. The first-order valence-corrected chi connectivity index (χ1v) is 14.8. The van der Waals surface area contributed by atoms with E-state index < -0.39 is 0 Å². The number of aryl methyl sites for hydroxylation is 1. The topological polar surface area (TPSA) is 32.3 Å². The summed E-state index contributed by atoms with van der Waals surface area (Å²) in [5.74, 6) is 1.19. The zero-order valence-corrected chi connectivity index (χ0v) is 24.5. The third-order valence-electron chi connectivity index (χ3n) is 9.01. The maximum absolute atomic E-state index is 6.78. The van der Waals surface area contributed by atoms with Crippen LogP contribution >= 0.6 is 0 Å². The number of nitrogens with zero attached hydrogens (tertiary/aromatic N) is 3. The van der Waals surface area contributed by atoms with Gasteiger partial charge in [0.15, 0.2) is 17.7 Å². The molecule has 4 aromatic carbocycles. The molecule has 8 rings (SSSR count). The van der Waals surface area contributed by atoms with Crippen LogP contribution in [-0.2, 0) is 0 Å². The molecule has 43 heavy (non-hydrogen) atoms. The summed E-state index contributed by atoms with van der Waals surface area (Å²) in [6, 6.07) is 36.8. The van der Waals surface area contributed by atoms with Crippen LogP contribution in [0.15, 0.2) is 132 Å². The van der Waals surface area contributed by atoms with Crippen molar-refractivity contribution in [1.82, 2.24) is 9.88 Å². The Balaban J connectivity index is 1.30. The maximum Gasteiger partial charge on any atom is 0.284 e. The Hall–Kier alpha value is -5.22. The summed E-state index contributed by atoms with van der Waals surface area (Å²) in [4.78, 5) is 7.53. The van der Waals surface area contributed by atoms with Gasteiger partial charge in [-0.05, 0) is 60.0 Å². The molecule has 3 heterocycles. The summed E-state index contributed by atoms with van der Waals surface area (Å²) in [7, 11) is 4.38. The molecule has 1 aliphatic carbocycles. The Bertz CT molecular complexity index is 2060. The number of amidine groups is 1. The van der Waals surface area contributed by atoms with Gasteiger partial charge >= 0.3 is 0 Å². The molecule has 0 radical (unpaired) electrons. The first kappa shape index (κ1) is 25.5. The molecule has 0 fully saturated rings. The predicted molar refractivity (Wildman–Crippen MR) is 176 cm³/mol. The normalized spacial score (nSPS) is 17.8. The number of likely N-dealkylation sites (N-methyl/N-ethyl adjacent to an activating group) is 2. The van der Waals surface area contributed by atoms with Crippen LogP contribution in [0, 0.1) is 6.92 Å². The quantitative estimate of drug-likeness (QED) is 0.203. The molecular weight excluding hydrogens is 526 g/mol. The third kappa shape index (κ3) is 4.13. The van der Waals surface area contributed by atoms with Gasteiger partial charge in [0.05, 0.1) is 25.5 Å². The van der Waals surface area contributed by atoms with Crippen LogP contribution in [0.3, 0.4) is 0 Å². The second-order valence-electron chi connectivity index (χ2n) is 11.6. The van der Waals surface area contributed by atoms with Crippen molar-refractivity contribution < 1.29 is 8.99 Å². The van der Waals surface area contributed by atoms with Crippen LogP contribution in [0.5, 0.6) is 0 Å².